The largest absolute Gasteiger partial charge is 0.488 e. The van der Waals surface area contributed by atoms with Gasteiger partial charge in [-0.1, -0.05) is 109 Å². The van der Waals surface area contributed by atoms with Crippen LogP contribution in [0.15, 0.2) is 127 Å². The van der Waals surface area contributed by atoms with E-state index in [-0.39, 0.29) is 13.2 Å². The lowest BCUT2D eigenvalue weighted by molar-refractivity contribution is 0.0224. The van der Waals surface area contributed by atoms with Crippen molar-refractivity contribution in [3.8, 4) is 11.5 Å². The van der Waals surface area contributed by atoms with Crippen LogP contribution in [0.1, 0.15) is 34.6 Å². The summed E-state index contributed by atoms with van der Waals surface area (Å²) in [4.78, 5) is 26.4. The van der Waals surface area contributed by atoms with E-state index in [9.17, 15) is 9.59 Å². The van der Waals surface area contributed by atoms with Crippen molar-refractivity contribution in [1.82, 2.24) is 0 Å². The van der Waals surface area contributed by atoms with E-state index in [1.807, 2.05) is 116 Å². The van der Waals surface area contributed by atoms with Crippen LogP contribution >= 0.6 is 11.6 Å². The van der Waals surface area contributed by atoms with E-state index < -0.39 is 24.1 Å². The topological polar surface area (TPSA) is 71.1 Å². The lowest BCUT2D eigenvalue weighted by Crippen LogP contribution is -2.23. The number of fused-ring (bicyclic) bond motifs is 4. The average Bonchev–Trinajstić information content (AvgIpc) is 3.12. The van der Waals surface area contributed by atoms with E-state index in [2.05, 4.69) is 0 Å². The number of benzene rings is 7. The predicted molar refractivity (Wildman–Crippen MR) is 195 cm³/mol. The fourth-order valence-electron chi connectivity index (χ4n) is 6.15. The molecule has 0 aliphatic carbocycles. The van der Waals surface area contributed by atoms with Gasteiger partial charge in [-0.2, -0.15) is 0 Å². The molecule has 244 valence electrons. The van der Waals surface area contributed by atoms with Gasteiger partial charge in [0.15, 0.2) is 0 Å². The molecule has 0 saturated heterocycles. The third kappa shape index (κ3) is 6.60. The zero-order valence-electron chi connectivity index (χ0n) is 27.0. The molecule has 7 rings (SSSR count). The van der Waals surface area contributed by atoms with Crippen LogP contribution < -0.4 is 9.47 Å². The number of hydrogen-bond acceptors (Lipinski definition) is 6. The third-order valence-electron chi connectivity index (χ3n) is 8.45. The second-order valence-corrected chi connectivity index (χ2v) is 12.4. The van der Waals surface area contributed by atoms with Gasteiger partial charge in [-0.05, 0) is 65.7 Å². The van der Waals surface area contributed by atoms with Crippen molar-refractivity contribution in [2.45, 2.75) is 26.1 Å². The first-order valence-corrected chi connectivity index (χ1v) is 16.5. The summed E-state index contributed by atoms with van der Waals surface area (Å²) in [6, 6.07) is 39.9. The molecule has 0 radical (unpaired) electrons. The minimum Gasteiger partial charge on any atom is -0.488 e. The second-order valence-electron chi connectivity index (χ2n) is 12.0. The molecule has 0 aliphatic rings. The molecule has 0 amide bonds. The molecule has 2 atom stereocenters. The molecular formula is C42H33ClO6. The van der Waals surface area contributed by atoms with Gasteiger partial charge in [0.1, 0.15) is 36.9 Å². The summed E-state index contributed by atoms with van der Waals surface area (Å²) >= 11 is 6.50. The summed E-state index contributed by atoms with van der Waals surface area (Å²) in [5.74, 6) is 0.403. The molecule has 0 bridgehead atoms. The van der Waals surface area contributed by atoms with Crippen molar-refractivity contribution >= 4 is 66.6 Å². The van der Waals surface area contributed by atoms with E-state index in [0.29, 0.717) is 27.6 Å². The SMILES string of the molecule is CC(COc1c2ccccc2c(OCC(C)OC(=O)c2cccc3ccccc23)c2cc(Cl)ccc12)OC(=O)c1cccc2ccccc12. The van der Waals surface area contributed by atoms with Crippen LogP contribution in [-0.4, -0.2) is 37.4 Å². The van der Waals surface area contributed by atoms with Gasteiger partial charge in [0.25, 0.3) is 0 Å². The third-order valence-corrected chi connectivity index (χ3v) is 8.68. The summed E-state index contributed by atoms with van der Waals surface area (Å²) < 4.78 is 24.5. The number of carbonyl (C=O) groups excluding carboxylic acids is 2. The summed E-state index contributed by atoms with van der Waals surface area (Å²) in [7, 11) is 0. The zero-order chi connectivity index (χ0) is 33.9. The normalized spacial score (nSPS) is 12.6. The molecule has 0 heterocycles. The van der Waals surface area contributed by atoms with Crippen molar-refractivity contribution in [2.24, 2.45) is 0 Å². The lowest BCUT2D eigenvalue weighted by Gasteiger charge is -2.21. The van der Waals surface area contributed by atoms with Crippen LogP contribution in [-0.2, 0) is 9.47 Å². The highest BCUT2D eigenvalue weighted by Crippen LogP contribution is 2.44. The molecule has 0 aliphatic heterocycles. The van der Waals surface area contributed by atoms with Crippen molar-refractivity contribution in [3.63, 3.8) is 0 Å². The van der Waals surface area contributed by atoms with Crippen molar-refractivity contribution in [2.75, 3.05) is 13.2 Å². The Morgan fingerprint density at radius 2 is 0.918 bits per heavy atom. The summed E-state index contributed by atoms with van der Waals surface area (Å²) in [5.41, 5.74) is 1.01. The Morgan fingerprint density at radius 1 is 0.510 bits per heavy atom. The van der Waals surface area contributed by atoms with Gasteiger partial charge in [-0.3, -0.25) is 0 Å². The van der Waals surface area contributed by atoms with Gasteiger partial charge in [0.05, 0.1) is 11.1 Å². The number of carbonyl (C=O) groups is 2. The number of ether oxygens (including phenoxy) is 4. The summed E-state index contributed by atoms with van der Waals surface area (Å²) in [6.07, 6.45) is -1.09. The average molecular weight is 669 g/mol. The molecule has 0 aromatic heterocycles. The Hall–Kier alpha value is -5.59. The zero-order valence-corrected chi connectivity index (χ0v) is 27.8. The van der Waals surface area contributed by atoms with Crippen LogP contribution in [0.2, 0.25) is 5.02 Å². The van der Waals surface area contributed by atoms with Crippen LogP contribution in [0.3, 0.4) is 0 Å². The molecule has 0 saturated carbocycles. The monoisotopic (exact) mass is 668 g/mol. The number of hydrogen-bond donors (Lipinski definition) is 0. The molecule has 7 heteroatoms. The maximum absolute atomic E-state index is 13.2. The molecule has 7 aromatic rings. The van der Waals surface area contributed by atoms with E-state index in [4.69, 9.17) is 30.5 Å². The summed E-state index contributed by atoms with van der Waals surface area (Å²) in [5, 5.41) is 7.30. The lowest BCUT2D eigenvalue weighted by atomic mass is 10.0. The van der Waals surface area contributed by atoms with E-state index in [0.717, 1.165) is 43.1 Å². The fraction of sp³-hybridized carbons (Fsp3) is 0.143. The van der Waals surface area contributed by atoms with Gasteiger partial charge in [0.2, 0.25) is 0 Å². The number of halogens is 1. The molecule has 0 fully saturated rings. The fourth-order valence-corrected chi connectivity index (χ4v) is 6.32. The second kappa shape index (κ2) is 13.9. The van der Waals surface area contributed by atoms with E-state index in [1.165, 1.54) is 0 Å². The van der Waals surface area contributed by atoms with Crippen molar-refractivity contribution in [3.05, 3.63) is 144 Å². The molecule has 7 aromatic carbocycles. The molecule has 2 unspecified atom stereocenters. The first kappa shape index (κ1) is 32.0. The van der Waals surface area contributed by atoms with E-state index >= 15 is 0 Å². The maximum Gasteiger partial charge on any atom is 0.339 e. The molecule has 0 spiro atoms. The first-order chi connectivity index (χ1) is 23.9. The van der Waals surface area contributed by atoms with Gasteiger partial charge in [-0.25, -0.2) is 9.59 Å². The maximum atomic E-state index is 13.2. The Morgan fingerprint density at radius 3 is 1.43 bits per heavy atom. The quantitative estimate of drug-likeness (QED) is 0.107. The summed E-state index contributed by atoms with van der Waals surface area (Å²) in [6.45, 7) is 3.85. The van der Waals surface area contributed by atoms with Gasteiger partial charge in [0, 0.05) is 26.6 Å². The Bertz CT molecular complexity index is 2340. The van der Waals surface area contributed by atoms with Crippen molar-refractivity contribution < 1.29 is 28.5 Å². The van der Waals surface area contributed by atoms with Gasteiger partial charge in [-0.15, -0.1) is 0 Å². The Labute approximate surface area is 288 Å². The molecular weight excluding hydrogens is 636 g/mol. The smallest absolute Gasteiger partial charge is 0.339 e. The molecule has 49 heavy (non-hydrogen) atoms. The van der Waals surface area contributed by atoms with Gasteiger partial charge >= 0.3 is 11.9 Å². The number of esters is 2. The highest BCUT2D eigenvalue weighted by Gasteiger charge is 2.21. The standard InChI is InChI=1S/C42H33ClO6/c1-26(48-41(44)36-19-9-13-28-11-3-5-15-31(28)36)24-46-39-33-17-7-8-18-34(33)40(38-23-30(43)21-22-35(38)39)47-25-27(2)49-42(45)37-20-10-14-29-12-4-6-16-32(29)37/h3-23,26-27H,24-25H2,1-2H3. The highest BCUT2D eigenvalue weighted by molar-refractivity contribution is 6.31. The van der Waals surface area contributed by atoms with Gasteiger partial charge < -0.3 is 18.9 Å². The Kier molecular flexibility index (Phi) is 9.05. The predicted octanol–water partition coefficient (Wildman–Crippen LogP) is 10.2. The van der Waals surface area contributed by atoms with Crippen LogP contribution in [0, 0.1) is 0 Å². The Balaban J connectivity index is 1.11. The minimum atomic E-state index is -0.548. The highest BCUT2D eigenvalue weighted by atomic mass is 35.5. The van der Waals surface area contributed by atoms with Crippen LogP contribution in [0.4, 0.5) is 0 Å². The van der Waals surface area contributed by atoms with Crippen LogP contribution in [0.5, 0.6) is 11.5 Å². The number of rotatable bonds is 10. The van der Waals surface area contributed by atoms with Crippen LogP contribution in [0.25, 0.3) is 43.1 Å². The van der Waals surface area contributed by atoms with E-state index in [1.54, 1.807) is 25.1 Å². The minimum absolute atomic E-state index is 0.115. The molecule has 0 N–H and O–H groups in total. The van der Waals surface area contributed by atoms with Crippen molar-refractivity contribution in [1.29, 1.82) is 0 Å². The first-order valence-electron chi connectivity index (χ1n) is 16.1. The molecule has 6 nitrogen and oxygen atoms in total.